The van der Waals surface area contributed by atoms with E-state index in [0.29, 0.717) is 46.6 Å². The minimum Gasteiger partial charge on any atom is -0.400 e. The molecule has 5 nitrogen and oxygen atoms in total. The maximum absolute atomic E-state index is 14.9. The highest BCUT2D eigenvalue weighted by atomic mass is 32.2. The van der Waals surface area contributed by atoms with Gasteiger partial charge in [0.1, 0.15) is 17.7 Å². The van der Waals surface area contributed by atoms with Gasteiger partial charge in [0, 0.05) is 41.9 Å². The van der Waals surface area contributed by atoms with E-state index in [2.05, 4.69) is 44.7 Å². The molecule has 1 atom stereocenters. The van der Waals surface area contributed by atoms with E-state index in [1.54, 1.807) is 0 Å². The second kappa shape index (κ2) is 11.0. The molecular formula is C31H35FN4OS. The molecule has 7 heteroatoms. The highest BCUT2D eigenvalue weighted by Gasteiger charge is 2.31. The summed E-state index contributed by atoms with van der Waals surface area (Å²) in [6, 6.07) is 5.59. The second-order valence-corrected chi connectivity index (χ2v) is 11.3. The lowest BCUT2D eigenvalue weighted by molar-refractivity contribution is 0.134. The van der Waals surface area contributed by atoms with E-state index in [1.165, 1.54) is 29.8 Å². The third-order valence-corrected chi connectivity index (χ3v) is 9.03. The Morgan fingerprint density at radius 3 is 2.76 bits per heavy atom. The lowest BCUT2D eigenvalue weighted by Gasteiger charge is -2.25. The number of nitrogens with zero attached hydrogens (tertiary/aromatic N) is 3. The van der Waals surface area contributed by atoms with Crippen LogP contribution in [0.1, 0.15) is 67.0 Å². The van der Waals surface area contributed by atoms with Gasteiger partial charge in [0.15, 0.2) is 0 Å². The topological polar surface area (TPSA) is 74.6 Å². The number of fused-ring (bicyclic) bond motifs is 2. The molecule has 0 amide bonds. The first-order valence-corrected chi connectivity index (χ1v) is 14.5. The first kappa shape index (κ1) is 26.5. The van der Waals surface area contributed by atoms with Crippen molar-refractivity contribution in [2.24, 2.45) is 16.6 Å². The van der Waals surface area contributed by atoms with Crippen molar-refractivity contribution in [3.05, 3.63) is 68.9 Å². The lowest BCUT2D eigenvalue weighted by Crippen LogP contribution is -2.19. The summed E-state index contributed by atoms with van der Waals surface area (Å²) in [6.45, 7) is 11.8. The van der Waals surface area contributed by atoms with E-state index >= 15 is 0 Å². The number of halogens is 1. The van der Waals surface area contributed by atoms with E-state index in [1.807, 2.05) is 12.3 Å². The van der Waals surface area contributed by atoms with Crippen molar-refractivity contribution in [2.45, 2.75) is 65.1 Å². The van der Waals surface area contributed by atoms with Gasteiger partial charge in [-0.1, -0.05) is 26.8 Å². The van der Waals surface area contributed by atoms with Crippen molar-refractivity contribution >= 4 is 23.5 Å². The van der Waals surface area contributed by atoms with Crippen molar-refractivity contribution in [1.82, 2.24) is 4.90 Å². The number of allylic oxidation sites excluding steroid dienone is 2. The predicted molar refractivity (Wildman–Crippen MR) is 153 cm³/mol. The number of nitrogens with two attached hydrogens (primary N) is 1. The van der Waals surface area contributed by atoms with E-state index in [-0.39, 0.29) is 5.82 Å². The van der Waals surface area contributed by atoms with E-state index in [4.69, 9.17) is 15.5 Å². The number of likely N-dealkylation sites (tertiary alicyclic amines) is 1. The molecule has 5 rings (SSSR count). The zero-order valence-electron chi connectivity index (χ0n) is 22.7. The van der Waals surface area contributed by atoms with E-state index in [0.717, 1.165) is 65.1 Å². The standard InChI is InChI=1S/C31H35FN4OS/c1-5-7-28(36-11-10-18(3)14-36)35-13-23-19(4)20(6-2)29(25-16-37-15-24(23)25)21-8-9-26(32)31-30(21)22(12-33)27(34)17-38-31/h7-9,13,18H,5-6,10-11,14-17,34H2,1-4H3/b28-7-,35-13-. The molecule has 0 radical (unpaired) electrons. The predicted octanol–water partition coefficient (Wildman–Crippen LogP) is 6.70. The molecule has 2 N–H and O–H groups in total. The summed E-state index contributed by atoms with van der Waals surface area (Å²) in [6.07, 6.45) is 7.14. The molecule has 198 valence electrons. The number of nitriles is 1. The van der Waals surface area contributed by atoms with Crippen LogP contribution in [0.25, 0.3) is 16.7 Å². The molecule has 0 aliphatic carbocycles. The maximum atomic E-state index is 14.9. The molecule has 3 heterocycles. The quantitative estimate of drug-likeness (QED) is 0.421. The molecule has 0 aromatic heterocycles. The number of benzene rings is 2. The Hall–Kier alpha value is -3.08. The van der Waals surface area contributed by atoms with Gasteiger partial charge in [0.2, 0.25) is 0 Å². The van der Waals surface area contributed by atoms with Crippen LogP contribution in [0.15, 0.2) is 39.6 Å². The fourth-order valence-electron chi connectivity index (χ4n) is 5.98. The van der Waals surface area contributed by atoms with Gasteiger partial charge in [0.05, 0.1) is 23.7 Å². The largest absolute Gasteiger partial charge is 0.400 e. The number of rotatable bonds is 6. The summed E-state index contributed by atoms with van der Waals surface area (Å²) >= 11 is 1.36. The highest BCUT2D eigenvalue weighted by molar-refractivity contribution is 7.99. The maximum Gasteiger partial charge on any atom is 0.137 e. The zero-order valence-corrected chi connectivity index (χ0v) is 23.5. The number of hydrogen-bond acceptors (Lipinski definition) is 6. The van der Waals surface area contributed by atoms with Crippen LogP contribution in [-0.4, -0.2) is 30.0 Å². The van der Waals surface area contributed by atoms with Crippen LogP contribution in [-0.2, 0) is 24.4 Å². The summed E-state index contributed by atoms with van der Waals surface area (Å²) in [5, 5.41) is 9.99. The van der Waals surface area contributed by atoms with Gasteiger partial charge < -0.3 is 15.4 Å². The molecule has 3 aliphatic heterocycles. The molecule has 2 aromatic rings. The zero-order chi connectivity index (χ0) is 27.0. The molecule has 0 saturated carbocycles. The smallest absolute Gasteiger partial charge is 0.137 e. The van der Waals surface area contributed by atoms with Crippen molar-refractivity contribution in [2.75, 3.05) is 18.8 Å². The first-order valence-electron chi connectivity index (χ1n) is 13.5. The van der Waals surface area contributed by atoms with Crippen LogP contribution in [0, 0.1) is 30.0 Å². The molecular weight excluding hydrogens is 495 g/mol. The van der Waals surface area contributed by atoms with E-state index in [9.17, 15) is 9.65 Å². The lowest BCUT2D eigenvalue weighted by atomic mass is 9.82. The Morgan fingerprint density at radius 1 is 1.29 bits per heavy atom. The Morgan fingerprint density at radius 2 is 2.08 bits per heavy atom. The molecule has 1 fully saturated rings. The van der Waals surface area contributed by atoms with Crippen LogP contribution in [0.2, 0.25) is 0 Å². The minimum atomic E-state index is -0.313. The van der Waals surface area contributed by atoms with Crippen molar-refractivity contribution in [1.29, 1.82) is 5.26 Å². The van der Waals surface area contributed by atoms with Gasteiger partial charge in [-0.05, 0) is 77.6 Å². The Bertz CT molecular complexity index is 1410. The molecule has 1 unspecified atom stereocenters. The monoisotopic (exact) mass is 530 g/mol. The SMILES string of the molecule is CC/C=C(/N=C\c1c(C)c(CC)c(-c2ccc(F)c3c2C(C#N)=C(N)CS3)c2c1COC2)N1CCC(C)C1. The van der Waals surface area contributed by atoms with Crippen LogP contribution in [0.3, 0.4) is 0 Å². The molecule has 38 heavy (non-hydrogen) atoms. The fourth-order valence-corrected chi connectivity index (χ4v) is 6.98. The molecule has 2 aromatic carbocycles. The second-order valence-electron chi connectivity index (χ2n) is 10.4. The Kier molecular flexibility index (Phi) is 7.65. The van der Waals surface area contributed by atoms with E-state index < -0.39 is 0 Å². The van der Waals surface area contributed by atoms with Crippen molar-refractivity contribution in [3.8, 4) is 17.2 Å². The average Bonchev–Trinajstić information content (AvgIpc) is 3.56. The van der Waals surface area contributed by atoms with Gasteiger partial charge in [-0.15, -0.1) is 11.8 Å². The first-order chi connectivity index (χ1) is 18.4. The number of thioether (sulfide) groups is 1. The normalized spacial score (nSPS) is 19.3. The van der Waals surface area contributed by atoms with Crippen molar-refractivity contribution in [3.63, 3.8) is 0 Å². The Balaban J connectivity index is 1.69. The molecule has 0 spiro atoms. The molecule has 3 aliphatic rings. The summed E-state index contributed by atoms with van der Waals surface area (Å²) in [7, 11) is 0. The van der Waals surface area contributed by atoms with Crippen LogP contribution < -0.4 is 5.73 Å². The van der Waals surface area contributed by atoms with Crippen LogP contribution in [0.5, 0.6) is 0 Å². The highest BCUT2D eigenvalue weighted by Crippen LogP contribution is 2.47. The summed E-state index contributed by atoms with van der Waals surface area (Å²) < 4.78 is 21.0. The van der Waals surface area contributed by atoms with Crippen molar-refractivity contribution < 1.29 is 9.13 Å². The third-order valence-electron chi connectivity index (χ3n) is 7.89. The van der Waals surface area contributed by atoms with Crippen LogP contribution >= 0.6 is 11.8 Å². The number of hydrogen-bond donors (Lipinski definition) is 1. The van der Waals surface area contributed by atoms with Gasteiger partial charge >= 0.3 is 0 Å². The summed E-state index contributed by atoms with van der Waals surface area (Å²) in [5.74, 6) is 1.81. The fraction of sp³-hybridized carbons (Fsp3) is 0.419. The number of ether oxygens (including phenoxy) is 1. The third kappa shape index (κ3) is 4.54. The van der Waals surface area contributed by atoms with Gasteiger partial charge in [0.25, 0.3) is 0 Å². The van der Waals surface area contributed by atoms with Gasteiger partial charge in [-0.3, -0.25) is 0 Å². The summed E-state index contributed by atoms with van der Waals surface area (Å²) in [4.78, 5) is 7.90. The van der Waals surface area contributed by atoms with Crippen LogP contribution in [0.4, 0.5) is 4.39 Å². The molecule has 1 saturated heterocycles. The molecule has 0 bridgehead atoms. The minimum absolute atomic E-state index is 0.313. The average molecular weight is 531 g/mol. The Labute approximate surface area is 229 Å². The number of aliphatic imine (C=N–C) groups is 1. The summed E-state index contributed by atoms with van der Waals surface area (Å²) in [5.41, 5.74) is 15.3. The van der Waals surface area contributed by atoms with Gasteiger partial charge in [-0.25, -0.2) is 9.38 Å². The van der Waals surface area contributed by atoms with Gasteiger partial charge in [-0.2, -0.15) is 5.26 Å².